The molecular weight excluding hydrogens is 218 g/mol. The number of hydrogen-bond acceptors (Lipinski definition) is 4. The van der Waals surface area contributed by atoms with Crippen LogP contribution in [-0.2, 0) is 0 Å². The Bertz CT molecular complexity index is 512. The highest BCUT2D eigenvalue weighted by Gasteiger charge is 2.07. The van der Waals surface area contributed by atoms with E-state index in [1.54, 1.807) is 24.3 Å². The van der Waals surface area contributed by atoms with E-state index in [2.05, 4.69) is 10.2 Å². The molecule has 1 radical (unpaired) electrons. The lowest BCUT2D eigenvalue weighted by molar-refractivity contribution is 0.372. The Morgan fingerprint density at radius 3 is 2.53 bits per heavy atom. The molecule has 0 saturated carbocycles. The van der Waals surface area contributed by atoms with Crippen LogP contribution in [0.4, 0.5) is 5.69 Å². The van der Waals surface area contributed by atoms with Gasteiger partial charge in [-0.3, -0.25) is 0 Å². The number of nitrogens with one attached hydrogen (secondary N) is 1. The average Bonchev–Trinajstić information content (AvgIpc) is 2.34. The van der Waals surface area contributed by atoms with Crippen molar-refractivity contribution in [3.8, 4) is 17.4 Å². The van der Waals surface area contributed by atoms with Gasteiger partial charge in [0, 0.05) is 12.1 Å². The van der Waals surface area contributed by atoms with Gasteiger partial charge in [0.2, 0.25) is 5.88 Å². The van der Waals surface area contributed by atoms with Crippen molar-refractivity contribution in [2.24, 2.45) is 0 Å². The summed E-state index contributed by atoms with van der Waals surface area (Å²) in [5.74, 6) is 1.41. The van der Waals surface area contributed by atoms with E-state index in [-0.39, 0.29) is 0 Å². The second-order valence-electron chi connectivity index (χ2n) is 3.48. The lowest BCUT2D eigenvalue weighted by Gasteiger charge is -2.09. The first-order chi connectivity index (χ1) is 8.19. The third kappa shape index (κ3) is 2.63. The first-order valence-corrected chi connectivity index (χ1v) is 5.07. The molecule has 0 bridgehead atoms. The third-order valence-electron chi connectivity index (χ3n) is 2.15. The van der Waals surface area contributed by atoms with Crippen molar-refractivity contribution in [1.29, 1.82) is 0 Å². The molecule has 0 aliphatic rings. The van der Waals surface area contributed by atoms with Crippen LogP contribution in [0.15, 0.2) is 30.3 Å². The van der Waals surface area contributed by atoms with Crippen molar-refractivity contribution in [1.82, 2.24) is 15.9 Å². The molecule has 5 nitrogen and oxygen atoms in total. The zero-order valence-corrected chi connectivity index (χ0v) is 9.60. The highest BCUT2D eigenvalue weighted by atomic mass is 16.5. The molecule has 0 saturated heterocycles. The van der Waals surface area contributed by atoms with Crippen LogP contribution in [0.2, 0.25) is 0 Å². The number of rotatable bonds is 3. The highest BCUT2D eigenvalue weighted by Crippen LogP contribution is 2.32. The molecular formula is C12H12N3O2. The molecule has 0 aliphatic carbocycles. The summed E-state index contributed by atoms with van der Waals surface area (Å²) in [7, 11) is 1.53. The molecule has 1 aromatic carbocycles. The maximum Gasteiger partial charge on any atom is 0.239 e. The fourth-order valence-electron chi connectivity index (χ4n) is 1.31. The maximum absolute atomic E-state index is 7.48. The quantitative estimate of drug-likeness (QED) is 0.812. The summed E-state index contributed by atoms with van der Waals surface area (Å²) in [5.41, 5.74) is 8.67. The van der Waals surface area contributed by atoms with Crippen LogP contribution < -0.4 is 15.2 Å². The van der Waals surface area contributed by atoms with Crippen LogP contribution in [0.5, 0.6) is 17.4 Å². The minimum absolute atomic E-state index is 0.365. The second-order valence-corrected chi connectivity index (χ2v) is 3.48. The summed E-state index contributed by atoms with van der Waals surface area (Å²) < 4.78 is 10.7. The molecule has 2 aromatic rings. The van der Waals surface area contributed by atoms with Gasteiger partial charge in [-0.1, -0.05) is 0 Å². The summed E-state index contributed by atoms with van der Waals surface area (Å²) in [6.07, 6.45) is 0. The van der Waals surface area contributed by atoms with Gasteiger partial charge in [0.1, 0.15) is 0 Å². The van der Waals surface area contributed by atoms with Crippen LogP contribution in [0.1, 0.15) is 5.69 Å². The minimum atomic E-state index is 0.365. The molecule has 1 heterocycles. The number of hydrogen-bond donors (Lipinski definition) is 0. The van der Waals surface area contributed by atoms with Gasteiger partial charge in [-0.05, 0) is 25.1 Å². The van der Waals surface area contributed by atoms with Crippen molar-refractivity contribution in [2.45, 2.75) is 6.92 Å². The SMILES string of the molecule is COc1cc([NH])ccc1Oc1ccc(C)nn1. The summed E-state index contributed by atoms with van der Waals surface area (Å²) in [4.78, 5) is 0. The Kier molecular flexibility index (Phi) is 3.09. The Hall–Kier alpha value is -2.30. The minimum Gasteiger partial charge on any atom is -0.493 e. The number of ether oxygens (including phenoxy) is 2. The lowest BCUT2D eigenvalue weighted by Crippen LogP contribution is -1.94. The van der Waals surface area contributed by atoms with Gasteiger partial charge < -0.3 is 15.2 Å². The standard InChI is InChI=1S/C12H12N3O2/c1-8-3-6-12(15-14-8)17-10-5-4-9(13)7-11(10)16-2/h3-7,13H,1-2H3. The summed E-state index contributed by atoms with van der Waals surface area (Å²) in [5, 5.41) is 7.79. The van der Waals surface area contributed by atoms with Crippen molar-refractivity contribution in [2.75, 3.05) is 7.11 Å². The van der Waals surface area contributed by atoms with E-state index >= 15 is 0 Å². The zero-order valence-electron chi connectivity index (χ0n) is 9.60. The highest BCUT2D eigenvalue weighted by molar-refractivity contribution is 5.51. The van der Waals surface area contributed by atoms with Gasteiger partial charge in [-0.15, -0.1) is 5.10 Å². The average molecular weight is 230 g/mol. The predicted octanol–water partition coefficient (Wildman–Crippen LogP) is 2.50. The summed E-state index contributed by atoms with van der Waals surface area (Å²) in [6.45, 7) is 1.85. The third-order valence-corrected chi connectivity index (χ3v) is 2.15. The molecule has 0 atom stereocenters. The van der Waals surface area contributed by atoms with Crippen molar-refractivity contribution in [3.63, 3.8) is 0 Å². The smallest absolute Gasteiger partial charge is 0.239 e. The van der Waals surface area contributed by atoms with Gasteiger partial charge in [-0.25, -0.2) is 0 Å². The Morgan fingerprint density at radius 2 is 1.88 bits per heavy atom. The van der Waals surface area contributed by atoms with Gasteiger partial charge in [0.05, 0.1) is 18.5 Å². The van der Waals surface area contributed by atoms with Crippen LogP contribution in [0.25, 0.3) is 0 Å². The Morgan fingerprint density at radius 1 is 1.06 bits per heavy atom. The first kappa shape index (κ1) is 11.2. The summed E-state index contributed by atoms with van der Waals surface area (Å²) in [6, 6.07) is 8.42. The number of methoxy groups -OCH3 is 1. The van der Waals surface area contributed by atoms with E-state index < -0.39 is 0 Å². The molecule has 1 N–H and O–H groups in total. The largest absolute Gasteiger partial charge is 0.493 e. The van der Waals surface area contributed by atoms with Crippen LogP contribution in [-0.4, -0.2) is 17.3 Å². The van der Waals surface area contributed by atoms with Crippen LogP contribution in [0, 0.1) is 6.92 Å². The normalized spacial score (nSPS) is 10.0. The number of benzene rings is 1. The molecule has 2 rings (SSSR count). The number of aryl methyl sites for hydroxylation is 1. The number of nitrogens with zero attached hydrogens (tertiary/aromatic N) is 2. The van der Waals surface area contributed by atoms with E-state index in [9.17, 15) is 0 Å². The molecule has 0 aliphatic heterocycles. The van der Waals surface area contributed by atoms with Crippen molar-refractivity contribution >= 4 is 5.69 Å². The van der Waals surface area contributed by atoms with Gasteiger partial charge in [-0.2, -0.15) is 5.10 Å². The molecule has 0 spiro atoms. The van der Waals surface area contributed by atoms with E-state index in [1.165, 1.54) is 7.11 Å². The van der Waals surface area contributed by atoms with Gasteiger partial charge in [0.25, 0.3) is 0 Å². The second kappa shape index (κ2) is 4.69. The molecule has 0 fully saturated rings. The molecule has 17 heavy (non-hydrogen) atoms. The van der Waals surface area contributed by atoms with Crippen molar-refractivity contribution in [3.05, 3.63) is 36.0 Å². The van der Waals surface area contributed by atoms with Gasteiger partial charge in [0.15, 0.2) is 11.5 Å². The molecule has 0 unspecified atom stereocenters. The van der Waals surface area contributed by atoms with E-state index in [0.29, 0.717) is 23.1 Å². The number of aromatic nitrogens is 2. The van der Waals surface area contributed by atoms with Crippen LogP contribution in [0.3, 0.4) is 0 Å². The lowest BCUT2D eigenvalue weighted by atomic mass is 10.3. The van der Waals surface area contributed by atoms with E-state index in [1.807, 2.05) is 13.0 Å². The van der Waals surface area contributed by atoms with Crippen molar-refractivity contribution < 1.29 is 9.47 Å². The molecule has 87 valence electrons. The molecule has 5 heteroatoms. The zero-order chi connectivity index (χ0) is 12.3. The van der Waals surface area contributed by atoms with Gasteiger partial charge >= 0.3 is 0 Å². The fraction of sp³-hybridized carbons (Fsp3) is 0.167. The van der Waals surface area contributed by atoms with Crippen LogP contribution >= 0.6 is 0 Å². The van der Waals surface area contributed by atoms with E-state index in [4.69, 9.17) is 15.2 Å². The topological polar surface area (TPSA) is 68.0 Å². The maximum atomic E-state index is 7.48. The predicted molar refractivity (Wildman–Crippen MR) is 62.6 cm³/mol. The first-order valence-electron chi connectivity index (χ1n) is 5.07. The monoisotopic (exact) mass is 230 g/mol. The molecule has 0 amide bonds. The van der Waals surface area contributed by atoms with E-state index in [0.717, 1.165) is 5.69 Å². The Labute approximate surface area is 99.2 Å². The Balaban J connectivity index is 2.26. The summed E-state index contributed by atoms with van der Waals surface area (Å²) >= 11 is 0. The molecule has 1 aromatic heterocycles. The fourth-order valence-corrected chi connectivity index (χ4v) is 1.31.